The first-order chi connectivity index (χ1) is 8.72. The molecule has 0 saturated heterocycles. The standard InChI is InChI=1S/C14H14BrClN2/c15-12-8-4-7-11(14(12)16)13(18-17)9-10-5-2-1-3-6-10/h1-8,13,18H,9,17H2. The van der Waals surface area contributed by atoms with Crippen LogP contribution in [-0.4, -0.2) is 0 Å². The normalized spacial score (nSPS) is 12.4. The first-order valence-electron chi connectivity index (χ1n) is 5.66. The van der Waals surface area contributed by atoms with E-state index in [0.717, 1.165) is 16.5 Å². The smallest absolute Gasteiger partial charge is 0.0596 e. The summed E-state index contributed by atoms with van der Waals surface area (Å²) in [5.41, 5.74) is 5.05. The van der Waals surface area contributed by atoms with Gasteiger partial charge in [0, 0.05) is 4.47 Å². The van der Waals surface area contributed by atoms with Crippen molar-refractivity contribution < 1.29 is 0 Å². The van der Waals surface area contributed by atoms with Crippen LogP contribution in [0.3, 0.4) is 0 Å². The molecule has 0 bridgehead atoms. The van der Waals surface area contributed by atoms with Gasteiger partial charge in [0.25, 0.3) is 0 Å². The number of benzene rings is 2. The summed E-state index contributed by atoms with van der Waals surface area (Å²) in [6.07, 6.45) is 0.799. The molecule has 3 N–H and O–H groups in total. The second-order valence-corrected chi connectivity index (χ2v) is 5.28. The number of hydrogen-bond donors (Lipinski definition) is 2. The Labute approximate surface area is 120 Å². The van der Waals surface area contributed by atoms with Crippen LogP contribution in [0.2, 0.25) is 5.02 Å². The average Bonchev–Trinajstić information content (AvgIpc) is 2.41. The van der Waals surface area contributed by atoms with Crippen LogP contribution in [-0.2, 0) is 6.42 Å². The van der Waals surface area contributed by atoms with Crippen molar-refractivity contribution in [2.75, 3.05) is 0 Å². The molecule has 2 nitrogen and oxygen atoms in total. The highest BCUT2D eigenvalue weighted by atomic mass is 79.9. The predicted octanol–water partition coefficient (Wildman–Crippen LogP) is 3.85. The Morgan fingerprint density at radius 2 is 1.83 bits per heavy atom. The molecule has 2 aromatic carbocycles. The molecule has 0 saturated carbocycles. The molecule has 1 unspecified atom stereocenters. The highest BCUT2D eigenvalue weighted by molar-refractivity contribution is 9.10. The van der Waals surface area contributed by atoms with Crippen molar-refractivity contribution in [1.82, 2.24) is 5.43 Å². The molecule has 1 atom stereocenters. The van der Waals surface area contributed by atoms with Gasteiger partial charge in [0.15, 0.2) is 0 Å². The number of hydrogen-bond acceptors (Lipinski definition) is 2. The number of halogens is 2. The third-order valence-corrected chi connectivity index (χ3v) is 4.15. The lowest BCUT2D eigenvalue weighted by Crippen LogP contribution is -2.29. The molecule has 0 fully saturated rings. The van der Waals surface area contributed by atoms with Gasteiger partial charge in [0.2, 0.25) is 0 Å². The molecule has 0 amide bonds. The lowest BCUT2D eigenvalue weighted by atomic mass is 9.99. The van der Waals surface area contributed by atoms with Gasteiger partial charge in [0.1, 0.15) is 0 Å². The second kappa shape index (κ2) is 6.34. The Kier molecular flexibility index (Phi) is 4.78. The fourth-order valence-electron chi connectivity index (χ4n) is 1.90. The molecule has 94 valence electrons. The van der Waals surface area contributed by atoms with E-state index < -0.39 is 0 Å². The third-order valence-electron chi connectivity index (χ3n) is 2.84. The van der Waals surface area contributed by atoms with E-state index in [1.165, 1.54) is 5.56 Å². The van der Waals surface area contributed by atoms with Crippen LogP contribution in [0.4, 0.5) is 0 Å². The van der Waals surface area contributed by atoms with Gasteiger partial charge in [-0.05, 0) is 39.5 Å². The van der Waals surface area contributed by atoms with Crippen LogP contribution in [0.5, 0.6) is 0 Å². The summed E-state index contributed by atoms with van der Waals surface area (Å²) in [6.45, 7) is 0. The van der Waals surface area contributed by atoms with E-state index in [1.54, 1.807) is 0 Å². The number of nitrogens with one attached hydrogen (secondary N) is 1. The summed E-state index contributed by atoms with van der Waals surface area (Å²) in [4.78, 5) is 0. The second-order valence-electron chi connectivity index (χ2n) is 4.05. The Hall–Kier alpha value is -0.870. The van der Waals surface area contributed by atoms with Crippen LogP contribution in [0, 0.1) is 0 Å². The van der Waals surface area contributed by atoms with Crippen molar-refractivity contribution >= 4 is 27.5 Å². The number of rotatable bonds is 4. The van der Waals surface area contributed by atoms with Crippen molar-refractivity contribution in [3.05, 3.63) is 69.2 Å². The SMILES string of the molecule is NNC(Cc1ccccc1)c1cccc(Br)c1Cl. The van der Waals surface area contributed by atoms with E-state index in [2.05, 4.69) is 33.5 Å². The molecule has 2 rings (SSSR count). The van der Waals surface area contributed by atoms with Crippen molar-refractivity contribution in [2.24, 2.45) is 5.84 Å². The average molecular weight is 326 g/mol. The highest BCUT2D eigenvalue weighted by Crippen LogP contribution is 2.31. The summed E-state index contributed by atoms with van der Waals surface area (Å²) < 4.78 is 0.884. The Balaban J connectivity index is 2.26. The van der Waals surface area contributed by atoms with E-state index in [1.807, 2.05) is 36.4 Å². The van der Waals surface area contributed by atoms with E-state index in [0.29, 0.717) is 5.02 Å². The lowest BCUT2D eigenvalue weighted by Gasteiger charge is -2.18. The largest absolute Gasteiger partial charge is 0.271 e. The number of nitrogens with two attached hydrogens (primary N) is 1. The van der Waals surface area contributed by atoms with Crippen LogP contribution in [0.25, 0.3) is 0 Å². The molecule has 0 heterocycles. The van der Waals surface area contributed by atoms with Gasteiger partial charge in [0.05, 0.1) is 11.1 Å². The van der Waals surface area contributed by atoms with Gasteiger partial charge in [-0.1, -0.05) is 54.1 Å². The van der Waals surface area contributed by atoms with Crippen LogP contribution < -0.4 is 11.3 Å². The summed E-state index contributed by atoms with van der Waals surface area (Å²) in [7, 11) is 0. The van der Waals surface area contributed by atoms with Crippen molar-refractivity contribution in [1.29, 1.82) is 0 Å². The van der Waals surface area contributed by atoms with Crippen molar-refractivity contribution in [3.8, 4) is 0 Å². The first kappa shape index (κ1) is 13.6. The van der Waals surface area contributed by atoms with Crippen LogP contribution in [0.15, 0.2) is 53.0 Å². The Morgan fingerprint density at radius 3 is 2.50 bits per heavy atom. The molecule has 0 radical (unpaired) electrons. The van der Waals surface area contributed by atoms with Gasteiger partial charge in [-0.15, -0.1) is 0 Å². The summed E-state index contributed by atoms with van der Waals surface area (Å²) >= 11 is 9.72. The van der Waals surface area contributed by atoms with Gasteiger partial charge in [-0.3, -0.25) is 11.3 Å². The minimum Gasteiger partial charge on any atom is -0.271 e. The van der Waals surface area contributed by atoms with E-state index >= 15 is 0 Å². The van der Waals surface area contributed by atoms with E-state index in [-0.39, 0.29) is 6.04 Å². The fraction of sp³-hybridized carbons (Fsp3) is 0.143. The third kappa shape index (κ3) is 3.12. The zero-order valence-electron chi connectivity index (χ0n) is 9.74. The van der Waals surface area contributed by atoms with Gasteiger partial charge in [-0.2, -0.15) is 0 Å². The molecule has 0 aromatic heterocycles. The van der Waals surface area contributed by atoms with Gasteiger partial charge in [-0.25, -0.2) is 0 Å². The molecule has 0 spiro atoms. The zero-order chi connectivity index (χ0) is 13.0. The Bertz CT molecular complexity index is 516. The minimum absolute atomic E-state index is 0.00241. The van der Waals surface area contributed by atoms with E-state index in [4.69, 9.17) is 17.4 Å². The van der Waals surface area contributed by atoms with Crippen LogP contribution in [0.1, 0.15) is 17.2 Å². The quantitative estimate of drug-likeness (QED) is 0.662. The molecule has 0 aliphatic heterocycles. The van der Waals surface area contributed by atoms with E-state index in [9.17, 15) is 0 Å². The molecule has 18 heavy (non-hydrogen) atoms. The topological polar surface area (TPSA) is 38.0 Å². The maximum Gasteiger partial charge on any atom is 0.0596 e. The highest BCUT2D eigenvalue weighted by Gasteiger charge is 2.15. The predicted molar refractivity (Wildman–Crippen MR) is 79.4 cm³/mol. The first-order valence-corrected chi connectivity index (χ1v) is 6.83. The zero-order valence-corrected chi connectivity index (χ0v) is 12.1. The number of hydrazine groups is 1. The molecular weight excluding hydrogens is 312 g/mol. The van der Waals surface area contributed by atoms with Crippen molar-refractivity contribution in [2.45, 2.75) is 12.5 Å². The molecular formula is C14H14BrClN2. The van der Waals surface area contributed by atoms with Gasteiger partial charge < -0.3 is 0 Å². The monoisotopic (exact) mass is 324 g/mol. The molecule has 2 aromatic rings. The maximum atomic E-state index is 6.29. The summed E-state index contributed by atoms with van der Waals surface area (Å²) in [6, 6.07) is 16.1. The minimum atomic E-state index is -0.00241. The fourth-order valence-corrected chi connectivity index (χ4v) is 2.54. The molecule has 0 aliphatic rings. The molecule has 4 heteroatoms. The van der Waals surface area contributed by atoms with Gasteiger partial charge >= 0.3 is 0 Å². The van der Waals surface area contributed by atoms with Crippen molar-refractivity contribution in [3.63, 3.8) is 0 Å². The van der Waals surface area contributed by atoms with Crippen LogP contribution >= 0.6 is 27.5 Å². The summed E-state index contributed by atoms with van der Waals surface area (Å²) in [5.74, 6) is 5.65. The Morgan fingerprint density at radius 1 is 1.11 bits per heavy atom. The molecule has 0 aliphatic carbocycles. The maximum absolute atomic E-state index is 6.29. The summed E-state index contributed by atoms with van der Waals surface area (Å²) in [5, 5.41) is 0.705. The lowest BCUT2D eigenvalue weighted by molar-refractivity contribution is 0.552.